The van der Waals surface area contributed by atoms with Crippen LogP contribution in [0.5, 0.6) is 0 Å². The smallest absolute Gasteiger partial charge is 0.163 e. The minimum Gasteiger partial charge on any atom is -0.378 e. The van der Waals surface area contributed by atoms with E-state index in [9.17, 15) is 0 Å². The van der Waals surface area contributed by atoms with E-state index in [0.717, 1.165) is 34.1 Å². The lowest BCUT2D eigenvalue weighted by Gasteiger charge is -2.14. The summed E-state index contributed by atoms with van der Waals surface area (Å²) in [6.45, 7) is 7.20. The molecule has 3 heterocycles. The van der Waals surface area contributed by atoms with Crippen molar-refractivity contribution >= 4 is 17.3 Å². The molecule has 1 aromatic carbocycles. The summed E-state index contributed by atoms with van der Waals surface area (Å²) in [5, 5.41) is 15.9. The van der Waals surface area contributed by atoms with Crippen molar-refractivity contribution in [3.63, 3.8) is 0 Å². The number of ether oxygens (including phenoxy) is 1. The molecule has 0 aliphatic carbocycles. The molecule has 9 heteroatoms. The summed E-state index contributed by atoms with van der Waals surface area (Å²) >= 11 is 0. The molecule has 4 rings (SSSR count). The average molecular weight is 435 g/mol. The van der Waals surface area contributed by atoms with Gasteiger partial charge >= 0.3 is 0 Å². The van der Waals surface area contributed by atoms with Crippen LogP contribution in [0, 0.1) is 0 Å². The third-order valence-electron chi connectivity index (χ3n) is 5.14. The molecule has 0 aliphatic heterocycles. The highest BCUT2D eigenvalue weighted by Crippen LogP contribution is 2.25. The van der Waals surface area contributed by atoms with Crippen molar-refractivity contribution < 1.29 is 4.74 Å². The van der Waals surface area contributed by atoms with Crippen molar-refractivity contribution in [3.8, 4) is 5.69 Å². The predicted molar refractivity (Wildman–Crippen MR) is 126 cm³/mol. The highest BCUT2D eigenvalue weighted by molar-refractivity contribution is 5.61. The summed E-state index contributed by atoms with van der Waals surface area (Å²) in [5.41, 5.74) is 9.59. The first-order valence-corrected chi connectivity index (χ1v) is 10.9. The number of rotatable bonds is 11. The van der Waals surface area contributed by atoms with Crippen LogP contribution in [0.4, 0.5) is 11.6 Å². The van der Waals surface area contributed by atoms with Gasteiger partial charge in [0.05, 0.1) is 25.1 Å². The first-order valence-electron chi connectivity index (χ1n) is 10.9. The van der Waals surface area contributed by atoms with Crippen molar-refractivity contribution in [2.75, 3.05) is 36.9 Å². The molecule has 0 aliphatic rings. The molecule has 0 saturated heterocycles. The Morgan fingerprint density at radius 3 is 2.75 bits per heavy atom. The Morgan fingerprint density at radius 1 is 1.09 bits per heavy atom. The van der Waals surface area contributed by atoms with Crippen molar-refractivity contribution in [2.24, 2.45) is 5.73 Å². The maximum absolute atomic E-state index is 5.48. The molecule has 3 aromatic heterocycles. The van der Waals surface area contributed by atoms with E-state index >= 15 is 0 Å². The Bertz CT molecular complexity index is 1140. The van der Waals surface area contributed by atoms with E-state index in [1.54, 1.807) is 6.20 Å². The van der Waals surface area contributed by atoms with Crippen LogP contribution in [0.3, 0.4) is 0 Å². The van der Waals surface area contributed by atoms with Crippen LogP contribution in [-0.2, 0) is 11.3 Å². The quantitative estimate of drug-likeness (QED) is 0.311. The van der Waals surface area contributed by atoms with Gasteiger partial charge in [0.25, 0.3) is 0 Å². The molecule has 0 radical (unpaired) electrons. The number of benzene rings is 1. The van der Waals surface area contributed by atoms with Crippen LogP contribution in [0.15, 0.2) is 55.0 Å². The molecule has 168 valence electrons. The summed E-state index contributed by atoms with van der Waals surface area (Å²) in [7, 11) is 0. The van der Waals surface area contributed by atoms with Gasteiger partial charge in [-0.3, -0.25) is 0 Å². The number of nitrogens with zero attached hydrogens (tertiary/aromatic N) is 5. The SMILES string of the molecule is CC(C)c1cnn2c(NCc3ccccc3-n3cccn3)cc(NCCOCCN)nc12. The van der Waals surface area contributed by atoms with Gasteiger partial charge in [-0.2, -0.15) is 14.7 Å². The Balaban J connectivity index is 1.59. The fraction of sp³-hybridized carbons (Fsp3) is 0.348. The Labute approximate surface area is 187 Å². The molecular formula is C23H30N8O. The minimum atomic E-state index is 0.316. The van der Waals surface area contributed by atoms with Crippen LogP contribution in [0.25, 0.3) is 11.3 Å². The molecule has 4 N–H and O–H groups in total. The summed E-state index contributed by atoms with van der Waals surface area (Å²) in [5.74, 6) is 1.96. The number of nitrogens with one attached hydrogen (secondary N) is 2. The predicted octanol–water partition coefficient (Wildman–Crippen LogP) is 3.04. The second kappa shape index (κ2) is 10.3. The normalized spacial score (nSPS) is 11.4. The molecule has 0 saturated carbocycles. The van der Waals surface area contributed by atoms with Gasteiger partial charge < -0.3 is 21.1 Å². The Hall–Kier alpha value is -3.43. The highest BCUT2D eigenvalue weighted by atomic mass is 16.5. The lowest BCUT2D eigenvalue weighted by molar-refractivity contribution is 0.151. The summed E-state index contributed by atoms with van der Waals surface area (Å²) in [6, 6.07) is 12.1. The third kappa shape index (κ3) is 4.90. The van der Waals surface area contributed by atoms with Crippen molar-refractivity contribution in [2.45, 2.75) is 26.3 Å². The largest absolute Gasteiger partial charge is 0.378 e. The minimum absolute atomic E-state index is 0.316. The third-order valence-corrected chi connectivity index (χ3v) is 5.14. The van der Waals surface area contributed by atoms with Crippen LogP contribution in [0.2, 0.25) is 0 Å². The van der Waals surface area contributed by atoms with Crippen molar-refractivity contribution in [1.29, 1.82) is 0 Å². The Morgan fingerprint density at radius 2 is 1.97 bits per heavy atom. The van der Waals surface area contributed by atoms with Gasteiger partial charge in [0.1, 0.15) is 11.6 Å². The van der Waals surface area contributed by atoms with Gasteiger partial charge in [-0.05, 0) is 23.6 Å². The van der Waals surface area contributed by atoms with Crippen LogP contribution < -0.4 is 16.4 Å². The molecule has 0 fully saturated rings. The first-order chi connectivity index (χ1) is 15.7. The first kappa shape index (κ1) is 21.8. The fourth-order valence-electron chi connectivity index (χ4n) is 3.52. The van der Waals surface area contributed by atoms with E-state index in [1.807, 2.05) is 45.9 Å². The maximum Gasteiger partial charge on any atom is 0.163 e. The Kier molecular flexibility index (Phi) is 6.98. The lowest BCUT2D eigenvalue weighted by atomic mass is 10.1. The zero-order valence-corrected chi connectivity index (χ0v) is 18.5. The number of hydrogen-bond acceptors (Lipinski definition) is 7. The van der Waals surface area contributed by atoms with Gasteiger partial charge in [0, 0.05) is 43.7 Å². The van der Waals surface area contributed by atoms with Crippen LogP contribution in [0.1, 0.15) is 30.9 Å². The van der Waals surface area contributed by atoms with E-state index in [1.165, 1.54) is 0 Å². The second-order valence-corrected chi connectivity index (χ2v) is 7.78. The van der Waals surface area contributed by atoms with E-state index in [2.05, 4.69) is 46.8 Å². The van der Waals surface area contributed by atoms with Gasteiger partial charge in [-0.25, -0.2) is 9.67 Å². The molecule has 4 aromatic rings. The summed E-state index contributed by atoms with van der Waals surface area (Å²) in [6.07, 6.45) is 5.62. The van der Waals surface area contributed by atoms with E-state index in [0.29, 0.717) is 38.8 Å². The maximum atomic E-state index is 5.48. The number of aromatic nitrogens is 5. The molecule has 32 heavy (non-hydrogen) atoms. The van der Waals surface area contributed by atoms with E-state index in [4.69, 9.17) is 15.5 Å². The number of nitrogens with two attached hydrogens (primary N) is 1. The second-order valence-electron chi connectivity index (χ2n) is 7.78. The fourth-order valence-corrected chi connectivity index (χ4v) is 3.52. The molecule has 0 amide bonds. The zero-order valence-electron chi connectivity index (χ0n) is 18.5. The van der Waals surface area contributed by atoms with E-state index < -0.39 is 0 Å². The van der Waals surface area contributed by atoms with Crippen LogP contribution >= 0.6 is 0 Å². The monoisotopic (exact) mass is 434 g/mol. The molecule has 0 unspecified atom stereocenters. The highest BCUT2D eigenvalue weighted by Gasteiger charge is 2.14. The van der Waals surface area contributed by atoms with Crippen LogP contribution in [-0.4, -0.2) is 50.7 Å². The van der Waals surface area contributed by atoms with Gasteiger partial charge in [-0.15, -0.1) is 0 Å². The van der Waals surface area contributed by atoms with Gasteiger partial charge in [0.15, 0.2) is 5.65 Å². The summed E-state index contributed by atoms with van der Waals surface area (Å²) < 4.78 is 9.20. The molecule has 0 atom stereocenters. The van der Waals surface area contributed by atoms with E-state index in [-0.39, 0.29) is 0 Å². The number of fused-ring (bicyclic) bond motifs is 1. The zero-order chi connectivity index (χ0) is 22.3. The molecule has 0 spiro atoms. The standard InChI is InChI=1S/C23H30N8O/c1-17(2)19-16-28-31-22(14-21(29-23(19)31)25-10-13-32-12-8-24)26-15-18-6-3-4-7-20(18)30-11-5-9-27-30/h3-7,9,11,14,16-17,26H,8,10,12-13,15,24H2,1-2H3,(H,25,29). The number of anilines is 2. The number of hydrogen-bond donors (Lipinski definition) is 3. The topological polar surface area (TPSA) is 107 Å². The van der Waals surface area contributed by atoms with Gasteiger partial charge in [-0.1, -0.05) is 32.0 Å². The van der Waals surface area contributed by atoms with Gasteiger partial charge in [0.2, 0.25) is 0 Å². The molecular weight excluding hydrogens is 404 g/mol. The average Bonchev–Trinajstić information content (AvgIpc) is 3.48. The lowest BCUT2D eigenvalue weighted by Crippen LogP contribution is -2.16. The molecule has 0 bridgehead atoms. The van der Waals surface area contributed by atoms with Crippen molar-refractivity contribution in [1.82, 2.24) is 24.4 Å². The summed E-state index contributed by atoms with van der Waals surface area (Å²) in [4.78, 5) is 4.80. The van der Waals surface area contributed by atoms with Crippen molar-refractivity contribution in [3.05, 3.63) is 66.1 Å². The molecule has 9 nitrogen and oxygen atoms in total. The number of para-hydroxylation sites is 1.